The Bertz CT molecular complexity index is 800. The molecule has 0 N–H and O–H groups in total. The van der Waals surface area contributed by atoms with Crippen molar-refractivity contribution in [1.29, 1.82) is 0 Å². The Balaban J connectivity index is 1.45. The number of amides is 1. The number of carbonyl (C=O) groups excluding carboxylic acids is 1. The summed E-state index contributed by atoms with van der Waals surface area (Å²) in [7, 11) is 0. The van der Waals surface area contributed by atoms with E-state index in [4.69, 9.17) is 0 Å². The van der Waals surface area contributed by atoms with Crippen molar-refractivity contribution in [2.45, 2.75) is 45.1 Å². The van der Waals surface area contributed by atoms with Crippen LogP contribution in [-0.2, 0) is 4.79 Å². The summed E-state index contributed by atoms with van der Waals surface area (Å²) < 4.78 is 16.0. The SMILES string of the molecule is Cc1cc(C)n(C2CCCN(C(=O)C3CC3c3ccccc3F)C2)n1. The minimum atomic E-state index is -0.193. The van der Waals surface area contributed by atoms with Gasteiger partial charge in [0.05, 0.1) is 11.7 Å². The van der Waals surface area contributed by atoms with Gasteiger partial charge in [-0.2, -0.15) is 5.10 Å². The summed E-state index contributed by atoms with van der Waals surface area (Å²) in [5.41, 5.74) is 2.85. The van der Waals surface area contributed by atoms with Crippen molar-refractivity contribution in [1.82, 2.24) is 14.7 Å². The predicted octanol–water partition coefficient (Wildman–Crippen LogP) is 3.61. The van der Waals surface area contributed by atoms with Crippen LogP contribution in [0.25, 0.3) is 0 Å². The normalized spacial score (nSPS) is 25.9. The van der Waals surface area contributed by atoms with Crippen LogP contribution < -0.4 is 0 Å². The fraction of sp³-hybridized carbons (Fsp3) is 0.500. The second kappa shape index (κ2) is 6.28. The molecule has 1 saturated heterocycles. The van der Waals surface area contributed by atoms with Crippen LogP contribution in [0, 0.1) is 25.6 Å². The van der Waals surface area contributed by atoms with Crippen LogP contribution >= 0.6 is 0 Å². The van der Waals surface area contributed by atoms with Crippen molar-refractivity contribution in [3.05, 3.63) is 53.1 Å². The molecule has 2 aromatic rings. The van der Waals surface area contributed by atoms with E-state index in [1.54, 1.807) is 6.07 Å². The van der Waals surface area contributed by atoms with Gasteiger partial charge in [0.15, 0.2) is 0 Å². The summed E-state index contributed by atoms with van der Waals surface area (Å²) >= 11 is 0. The third kappa shape index (κ3) is 3.08. The van der Waals surface area contributed by atoms with Gasteiger partial charge in [0, 0.05) is 24.7 Å². The fourth-order valence-corrected chi connectivity index (χ4v) is 4.19. The van der Waals surface area contributed by atoms with Crippen LogP contribution in [0.3, 0.4) is 0 Å². The maximum absolute atomic E-state index is 14.0. The Hall–Kier alpha value is -2.17. The molecule has 3 unspecified atom stereocenters. The molecule has 5 heteroatoms. The summed E-state index contributed by atoms with van der Waals surface area (Å²) in [6.45, 7) is 5.57. The number of benzene rings is 1. The van der Waals surface area contributed by atoms with Gasteiger partial charge in [-0.3, -0.25) is 9.48 Å². The van der Waals surface area contributed by atoms with Crippen LogP contribution in [0.5, 0.6) is 0 Å². The van der Waals surface area contributed by atoms with Gasteiger partial charge in [-0.05, 0) is 56.7 Å². The molecule has 4 rings (SSSR count). The number of aromatic nitrogens is 2. The maximum atomic E-state index is 14.0. The zero-order valence-corrected chi connectivity index (χ0v) is 14.8. The highest BCUT2D eigenvalue weighted by Crippen LogP contribution is 2.49. The first-order chi connectivity index (χ1) is 12.0. The molecule has 0 bridgehead atoms. The topological polar surface area (TPSA) is 38.1 Å². The number of nitrogens with zero attached hydrogens (tertiary/aromatic N) is 3. The third-order valence-corrected chi connectivity index (χ3v) is 5.51. The first-order valence-electron chi connectivity index (χ1n) is 9.10. The van der Waals surface area contributed by atoms with Gasteiger partial charge in [-0.25, -0.2) is 4.39 Å². The van der Waals surface area contributed by atoms with Crippen LogP contribution in [-0.4, -0.2) is 33.7 Å². The second-order valence-corrected chi connectivity index (χ2v) is 7.42. The summed E-state index contributed by atoms with van der Waals surface area (Å²) in [6.07, 6.45) is 2.81. The van der Waals surface area contributed by atoms with Crippen molar-refractivity contribution in [2.24, 2.45) is 5.92 Å². The maximum Gasteiger partial charge on any atom is 0.226 e. The highest BCUT2D eigenvalue weighted by atomic mass is 19.1. The Morgan fingerprint density at radius 3 is 2.80 bits per heavy atom. The summed E-state index contributed by atoms with van der Waals surface area (Å²) in [4.78, 5) is 14.9. The molecule has 0 radical (unpaired) electrons. The molecule has 1 aromatic heterocycles. The molecule has 1 aliphatic heterocycles. The van der Waals surface area contributed by atoms with Gasteiger partial charge in [0.25, 0.3) is 0 Å². The first kappa shape index (κ1) is 16.3. The van der Waals surface area contributed by atoms with E-state index in [0.29, 0.717) is 12.1 Å². The quantitative estimate of drug-likeness (QED) is 0.855. The molecule has 1 aromatic carbocycles. The monoisotopic (exact) mass is 341 g/mol. The number of likely N-dealkylation sites (tertiary alicyclic amines) is 1. The number of hydrogen-bond acceptors (Lipinski definition) is 2. The van der Waals surface area contributed by atoms with E-state index < -0.39 is 0 Å². The van der Waals surface area contributed by atoms with Gasteiger partial charge in [-0.1, -0.05) is 18.2 Å². The number of rotatable bonds is 3. The molecule has 2 fully saturated rings. The van der Waals surface area contributed by atoms with Crippen LogP contribution in [0.15, 0.2) is 30.3 Å². The highest BCUT2D eigenvalue weighted by Gasteiger charge is 2.47. The molecule has 0 spiro atoms. The van der Waals surface area contributed by atoms with E-state index in [0.717, 1.165) is 37.2 Å². The minimum absolute atomic E-state index is 0.0442. The molecule has 1 amide bonds. The fourth-order valence-electron chi connectivity index (χ4n) is 4.19. The molecular weight excluding hydrogens is 317 g/mol. The third-order valence-electron chi connectivity index (χ3n) is 5.51. The molecule has 132 valence electrons. The van der Waals surface area contributed by atoms with Crippen molar-refractivity contribution in [3.8, 4) is 0 Å². The zero-order valence-electron chi connectivity index (χ0n) is 14.8. The predicted molar refractivity (Wildman–Crippen MR) is 93.8 cm³/mol. The van der Waals surface area contributed by atoms with E-state index in [2.05, 4.69) is 22.8 Å². The van der Waals surface area contributed by atoms with Crippen LogP contribution in [0.2, 0.25) is 0 Å². The molecule has 2 heterocycles. The molecular formula is C20H24FN3O. The van der Waals surface area contributed by atoms with E-state index >= 15 is 0 Å². The summed E-state index contributed by atoms with van der Waals surface area (Å²) in [6, 6.07) is 9.16. The first-order valence-corrected chi connectivity index (χ1v) is 9.10. The van der Waals surface area contributed by atoms with Crippen molar-refractivity contribution >= 4 is 5.91 Å². The lowest BCUT2D eigenvalue weighted by molar-refractivity contribution is -0.134. The number of halogens is 1. The van der Waals surface area contributed by atoms with Crippen LogP contribution in [0.4, 0.5) is 4.39 Å². The Morgan fingerprint density at radius 2 is 2.08 bits per heavy atom. The number of carbonyl (C=O) groups is 1. The molecule has 2 aliphatic rings. The Kier molecular flexibility index (Phi) is 4.10. The van der Waals surface area contributed by atoms with Gasteiger partial charge in [0.2, 0.25) is 5.91 Å². The van der Waals surface area contributed by atoms with E-state index in [1.165, 1.54) is 6.07 Å². The average molecular weight is 341 g/mol. The molecule has 3 atom stereocenters. The largest absolute Gasteiger partial charge is 0.340 e. The lowest BCUT2D eigenvalue weighted by Crippen LogP contribution is -2.42. The summed E-state index contributed by atoms with van der Waals surface area (Å²) in [5, 5.41) is 4.59. The Labute approximate surface area is 147 Å². The molecule has 1 saturated carbocycles. The Morgan fingerprint density at radius 1 is 1.28 bits per heavy atom. The second-order valence-electron chi connectivity index (χ2n) is 7.42. The highest BCUT2D eigenvalue weighted by molar-refractivity contribution is 5.83. The van der Waals surface area contributed by atoms with E-state index in [1.807, 2.05) is 24.0 Å². The van der Waals surface area contributed by atoms with Gasteiger partial charge < -0.3 is 4.90 Å². The van der Waals surface area contributed by atoms with E-state index in [-0.39, 0.29) is 29.6 Å². The zero-order chi connectivity index (χ0) is 17.6. The van der Waals surface area contributed by atoms with Gasteiger partial charge >= 0.3 is 0 Å². The lowest BCUT2D eigenvalue weighted by atomic mass is 10.0. The molecule has 1 aliphatic carbocycles. The van der Waals surface area contributed by atoms with Crippen molar-refractivity contribution in [2.75, 3.05) is 13.1 Å². The summed E-state index contributed by atoms with van der Waals surface area (Å²) in [5.74, 6) is -0.0275. The minimum Gasteiger partial charge on any atom is -0.340 e. The standard InChI is InChI=1S/C20H24FN3O/c1-13-10-14(2)24(22-13)15-6-5-9-23(12-15)20(25)18-11-17(18)16-7-3-4-8-19(16)21/h3-4,7-8,10,15,17-18H,5-6,9,11-12H2,1-2H3. The van der Waals surface area contributed by atoms with Crippen molar-refractivity contribution < 1.29 is 9.18 Å². The molecule has 4 nitrogen and oxygen atoms in total. The number of hydrogen-bond donors (Lipinski definition) is 0. The smallest absolute Gasteiger partial charge is 0.226 e. The number of aryl methyl sites for hydroxylation is 2. The lowest BCUT2D eigenvalue weighted by Gasteiger charge is -2.33. The van der Waals surface area contributed by atoms with Crippen molar-refractivity contribution in [3.63, 3.8) is 0 Å². The number of piperidine rings is 1. The molecule has 25 heavy (non-hydrogen) atoms. The van der Waals surface area contributed by atoms with E-state index in [9.17, 15) is 9.18 Å². The average Bonchev–Trinajstić information content (AvgIpc) is 3.32. The van der Waals surface area contributed by atoms with Crippen LogP contribution in [0.1, 0.15) is 48.2 Å². The van der Waals surface area contributed by atoms with Gasteiger partial charge in [-0.15, -0.1) is 0 Å². The van der Waals surface area contributed by atoms with Gasteiger partial charge in [0.1, 0.15) is 5.82 Å².